The summed E-state index contributed by atoms with van der Waals surface area (Å²) in [5, 5.41) is 38.3. The molecule has 4 N–H and O–H groups in total. The molecule has 0 radical (unpaired) electrons. The zero-order chi connectivity index (χ0) is 14.7. The van der Waals surface area contributed by atoms with E-state index in [4.69, 9.17) is 14.6 Å². The third-order valence-electron chi connectivity index (χ3n) is 3.19. The van der Waals surface area contributed by atoms with Crippen molar-refractivity contribution in [3.8, 4) is 5.75 Å². The molecule has 0 bridgehead atoms. The molecule has 1 saturated heterocycles. The molecule has 2 rings (SSSR count). The first-order valence-corrected chi connectivity index (χ1v) is 6.26. The minimum atomic E-state index is -1.45. The van der Waals surface area contributed by atoms with Crippen LogP contribution in [0.25, 0.3) is 6.08 Å². The fourth-order valence-electron chi connectivity index (χ4n) is 2.01. The lowest BCUT2D eigenvalue weighted by Gasteiger charge is -2.39. The van der Waals surface area contributed by atoms with Crippen LogP contribution in [-0.2, 0) is 4.74 Å². The average molecular weight is 282 g/mol. The van der Waals surface area contributed by atoms with Crippen LogP contribution < -0.4 is 4.74 Å². The lowest BCUT2D eigenvalue weighted by molar-refractivity contribution is -0.277. The van der Waals surface area contributed by atoms with Crippen LogP contribution >= 0.6 is 0 Å². The first-order chi connectivity index (χ1) is 9.56. The molecule has 1 heterocycles. The third-order valence-corrected chi connectivity index (χ3v) is 3.19. The van der Waals surface area contributed by atoms with Gasteiger partial charge in [0.1, 0.15) is 30.2 Å². The van der Waals surface area contributed by atoms with Gasteiger partial charge in [-0.3, -0.25) is 0 Å². The summed E-state index contributed by atoms with van der Waals surface area (Å²) in [5.41, 5.74) is 0.826. The highest BCUT2D eigenvalue weighted by Gasteiger charge is 2.44. The lowest BCUT2D eigenvalue weighted by Crippen LogP contribution is -2.60. The Kier molecular flexibility index (Phi) is 4.74. The Morgan fingerprint density at radius 3 is 2.60 bits per heavy atom. The molecule has 0 aliphatic carbocycles. The summed E-state index contributed by atoms with van der Waals surface area (Å²) in [6, 6.07) is 6.92. The van der Waals surface area contributed by atoms with E-state index in [9.17, 15) is 15.3 Å². The lowest BCUT2D eigenvalue weighted by atomic mass is 9.99. The Bertz CT molecular complexity index is 461. The number of aliphatic hydroxyl groups is 4. The van der Waals surface area contributed by atoms with E-state index in [-0.39, 0.29) is 0 Å². The number of aliphatic hydroxyl groups excluding tert-OH is 4. The maximum atomic E-state index is 9.85. The summed E-state index contributed by atoms with van der Waals surface area (Å²) >= 11 is 0. The molecule has 0 saturated carbocycles. The molecule has 5 atom stereocenters. The molecule has 1 aromatic rings. The topological polar surface area (TPSA) is 99.4 Å². The molecule has 1 fully saturated rings. The minimum Gasteiger partial charge on any atom is -0.462 e. The maximum absolute atomic E-state index is 9.85. The monoisotopic (exact) mass is 282 g/mol. The first kappa shape index (κ1) is 15.0. The van der Waals surface area contributed by atoms with Crippen molar-refractivity contribution < 1.29 is 29.9 Å². The quantitative estimate of drug-likeness (QED) is 0.594. The van der Waals surface area contributed by atoms with Crippen LogP contribution in [0.1, 0.15) is 5.56 Å². The van der Waals surface area contributed by atoms with Crippen LogP contribution in [0.3, 0.4) is 0 Å². The van der Waals surface area contributed by atoms with E-state index in [0.29, 0.717) is 5.75 Å². The van der Waals surface area contributed by atoms with E-state index in [1.165, 1.54) is 0 Å². The van der Waals surface area contributed by atoms with Gasteiger partial charge in [0.25, 0.3) is 0 Å². The smallest absolute Gasteiger partial charge is 0.229 e. The van der Waals surface area contributed by atoms with Crippen molar-refractivity contribution in [2.45, 2.75) is 30.7 Å². The largest absolute Gasteiger partial charge is 0.462 e. The van der Waals surface area contributed by atoms with Gasteiger partial charge in [0.2, 0.25) is 6.29 Å². The van der Waals surface area contributed by atoms with E-state index in [1.807, 2.05) is 6.07 Å². The van der Waals surface area contributed by atoms with Crippen molar-refractivity contribution >= 4 is 6.08 Å². The van der Waals surface area contributed by atoms with Crippen molar-refractivity contribution in [3.63, 3.8) is 0 Å². The Balaban J connectivity index is 2.12. The summed E-state index contributed by atoms with van der Waals surface area (Å²) in [6.07, 6.45) is -4.78. The molecule has 1 aliphatic heterocycles. The highest BCUT2D eigenvalue weighted by atomic mass is 16.7. The van der Waals surface area contributed by atoms with Crippen LogP contribution in [-0.4, -0.2) is 57.7 Å². The molecule has 1 aliphatic rings. The predicted molar refractivity (Wildman–Crippen MR) is 70.9 cm³/mol. The summed E-state index contributed by atoms with van der Waals surface area (Å²) in [5.74, 6) is 0.423. The summed E-state index contributed by atoms with van der Waals surface area (Å²) in [7, 11) is 0. The minimum absolute atomic E-state index is 0.423. The van der Waals surface area contributed by atoms with Gasteiger partial charge in [-0.25, -0.2) is 0 Å². The Morgan fingerprint density at radius 1 is 1.20 bits per heavy atom. The van der Waals surface area contributed by atoms with Gasteiger partial charge in [-0.05, 0) is 17.7 Å². The Morgan fingerprint density at radius 2 is 1.95 bits per heavy atom. The van der Waals surface area contributed by atoms with Gasteiger partial charge >= 0.3 is 0 Å². The number of rotatable bonds is 4. The highest BCUT2D eigenvalue weighted by Crippen LogP contribution is 2.24. The number of ether oxygens (including phenoxy) is 2. The normalized spacial score (nSPS) is 33.7. The second-order valence-electron chi connectivity index (χ2n) is 4.59. The molecule has 6 heteroatoms. The molecule has 1 aromatic carbocycles. The predicted octanol–water partition coefficient (Wildman–Crippen LogP) is -0.492. The number of hydrogen-bond donors (Lipinski definition) is 4. The average Bonchev–Trinajstić information content (AvgIpc) is 2.48. The van der Waals surface area contributed by atoms with Crippen LogP contribution in [0.4, 0.5) is 0 Å². The molecule has 20 heavy (non-hydrogen) atoms. The molecule has 0 aromatic heterocycles. The van der Waals surface area contributed by atoms with Gasteiger partial charge in [-0.2, -0.15) is 0 Å². The summed E-state index contributed by atoms with van der Waals surface area (Å²) in [4.78, 5) is 0. The van der Waals surface area contributed by atoms with E-state index in [0.717, 1.165) is 5.56 Å². The standard InChI is InChI=1S/C14H18O6/c1-2-8-4-3-5-9(6-8)19-14-13(18)12(17)11(16)10(7-15)20-14/h2-6,10-18H,1,7H2/t10-,11-,12+,13-,14-/m1/s1. The van der Waals surface area contributed by atoms with E-state index in [2.05, 4.69) is 6.58 Å². The highest BCUT2D eigenvalue weighted by molar-refractivity contribution is 5.49. The fraction of sp³-hybridized carbons (Fsp3) is 0.429. The van der Waals surface area contributed by atoms with E-state index >= 15 is 0 Å². The third kappa shape index (κ3) is 3.00. The second-order valence-corrected chi connectivity index (χ2v) is 4.59. The molecular formula is C14H18O6. The zero-order valence-corrected chi connectivity index (χ0v) is 10.8. The Labute approximate surface area is 116 Å². The van der Waals surface area contributed by atoms with E-state index < -0.39 is 37.3 Å². The number of hydrogen-bond acceptors (Lipinski definition) is 6. The van der Waals surface area contributed by atoms with E-state index in [1.54, 1.807) is 24.3 Å². The SMILES string of the molecule is C=Cc1cccc(O[C@@H]2O[C@H](CO)[C@@H](O)[C@H](O)[C@H]2O)c1. The molecule has 0 spiro atoms. The van der Waals surface area contributed by atoms with Gasteiger partial charge in [-0.1, -0.05) is 24.8 Å². The summed E-state index contributed by atoms with van der Waals surface area (Å²) in [6.45, 7) is 3.15. The van der Waals surface area contributed by atoms with Crippen molar-refractivity contribution in [1.29, 1.82) is 0 Å². The van der Waals surface area contributed by atoms with Gasteiger partial charge < -0.3 is 29.9 Å². The fourth-order valence-corrected chi connectivity index (χ4v) is 2.01. The van der Waals surface area contributed by atoms with Crippen LogP contribution in [0.5, 0.6) is 5.75 Å². The van der Waals surface area contributed by atoms with Gasteiger partial charge in [0.15, 0.2) is 0 Å². The molecule has 6 nitrogen and oxygen atoms in total. The van der Waals surface area contributed by atoms with Crippen molar-refractivity contribution in [2.24, 2.45) is 0 Å². The molecule has 110 valence electrons. The number of benzene rings is 1. The maximum Gasteiger partial charge on any atom is 0.229 e. The molecule has 0 amide bonds. The summed E-state index contributed by atoms with van der Waals surface area (Å²) < 4.78 is 10.7. The van der Waals surface area contributed by atoms with Gasteiger partial charge in [0, 0.05) is 0 Å². The Hall–Kier alpha value is -1.44. The van der Waals surface area contributed by atoms with Crippen molar-refractivity contribution in [3.05, 3.63) is 36.4 Å². The molecule has 0 unspecified atom stereocenters. The second kappa shape index (κ2) is 6.34. The van der Waals surface area contributed by atoms with Crippen molar-refractivity contribution in [2.75, 3.05) is 6.61 Å². The van der Waals surface area contributed by atoms with Crippen LogP contribution in [0.15, 0.2) is 30.8 Å². The van der Waals surface area contributed by atoms with Crippen LogP contribution in [0.2, 0.25) is 0 Å². The van der Waals surface area contributed by atoms with Gasteiger partial charge in [0.05, 0.1) is 6.61 Å². The van der Waals surface area contributed by atoms with Gasteiger partial charge in [-0.15, -0.1) is 0 Å². The molecular weight excluding hydrogens is 264 g/mol. The zero-order valence-electron chi connectivity index (χ0n) is 10.8. The van der Waals surface area contributed by atoms with Crippen LogP contribution in [0, 0.1) is 0 Å². The van der Waals surface area contributed by atoms with Crippen molar-refractivity contribution in [1.82, 2.24) is 0 Å². The first-order valence-electron chi connectivity index (χ1n) is 6.26.